The number of thioether (sulfide) groups is 1. The quantitative estimate of drug-likeness (QED) is 0.567. The van der Waals surface area contributed by atoms with Gasteiger partial charge in [0.05, 0.1) is 12.2 Å². The van der Waals surface area contributed by atoms with Gasteiger partial charge >= 0.3 is 0 Å². The zero-order chi connectivity index (χ0) is 16.4. The molecule has 4 rings (SSSR count). The highest BCUT2D eigenvalue weighted by atomic mass is 32.2. The Bertz CT molecular complexity index is 927. The highest BCUT2D eigenvalue weighted by Crippen LogP contribution is 2.23. The van der Waals surface area contributed by atoms with Gasteiger partial charge in [0.2, 0.25) is 5.95 Å². The second kappa shape index (κ2) is 6.37. The lowest BCUT2D eigenvalue weighted by Crippen LogP contribution is -2.06. The number of aromatic nitrogens is 5. The van der Waals surface area contributed by atoms with E-state index in [4.69, 9.17) is 5.73 Å². The SMILES string of the molecule is Nc1nnc(SCc2ccccc2)n1Cc1cn2ccccc2n1. The third-order valence-corrected chi connectivity index (χ3v) is 4.73. The zero-order valence-corrected chi connectivity index (χ0v) is 13.7. The number of hydrogen-bond donors (Lipinski definition) is 1. The number of rotatable bonds is 5. The Hall–Kier alpha value is -2.80. The van der Waals surface area contributed by atoms with Crippen molar-refractivity contribution in [3.63, 3.8) is 0 Å². The summed E-state index contributed by atoms with van der Waals surface area (Å²) in [5, 5.41) is 9.01. The van der Waals surface area contributed by atoms with Gasteiger partial charge in [-0.05, 0) is 17.7 Å². The number of fused-ring (bicyclic) bond motifs is 1. The van der Waals surface area contributed by atoms with Crippen LogP contribution in [-0.4, -0.2) is 24.1 Å². The maximum Gasteiger partial charge on any atom is 0.223 e. The number of nitrogens with two attached hydrogens (primary N) is 1. The molecule has 24 heavy (non-hydrogen) atoms. The molecule has 0 aliphatic heterocycles. The van der Waals surface area contributed by atoms with Crippen LogP contribution in [0.3, 0.4) is 0 Å². The van der Waals surface area contributed by atoms with Crippen LogP contribution in [-0.2, 0) is 12.3 Å². The highest BCUT2D eigenvalue weighted by molar-refractivity contribution is 7.98. The van der Waals surface area contributed by atoms with Crippen molar-refractivity contribution >= 4 is 23.4 Å². The summed E-state index contributed by atoms with van der Waals surface area (Å²) in [6.45, 7) is 0.553. The molecule has 0 saturated heterocycles. The van der Waals surface area contributed by atoms with E-state index >= 15 is 0 Å². The van der Waals surface area contributed by atoms with Crippen LogP contribution in [0.15, 0.2) is 66.1 Å². The van der Waals surface area contributed by atoms with Crippen molar-refractivity contribution in [2.45, 2.75) is 17.5 Å². The monoisotopic (exact) mass is 336 g/mol. The molecular formula is C17H16N6S. The van der Waals surface area contributed by atoms with Crippen LogP contribution < -0.4 is 5.73 Å². The Kier molecular flexibility index (Phi) is 3.92. The summed E-state index contributed by atoms with van der Waals surface area (Å²) >= 11 is 1.62. The Morgan fingerprint density at radius 1 is 1.00 bits per heavy atom. The molecule has 0 radical (unpaired) electrons. The van der Waals surface area contributed by atoms with E-state index in [1.54, 1.807) is 11.8 Å². The van der Waals surface area contributed by atoms with Crippen LogP contribution >= 0.6 is 11.8 Å². The second-order valence-corrected chi connectivity index (χ2v) is 6.34. The molecule has 120 valence electrons. The maximum atomic E-state index is 5.99. The van der Waals surface area contributed by atoms with Gasteiger partial charge in [-0.15, -0.1) is 10.2 Å². The van der Waals surface area contributed by atoms with Gasteiger partial charge in [0.15, 0.2) is 5.16 Å². The molecule has 0 bridgehead atoms. The zero-order valence-electron chi connectivity index (χ0n) is 12.9. The van der Waals surface area contributed by atoms with Crippen molar-refractivity contribution < 1.29 is 0 Å². The molecule has 0 aliphatic carbocycles. The summed E-state index contributed by atoms with van der Waals surface area (Å²) in [7, 11) is 0. The molecule has 7 heteroatoms. The molecule has 0 spiro atoms. The molecule has 0 atom stereocenters. The summed E-state index contributed by atoms with van der Waals surface area (Å²) in [6.07, 6.45) is 3.98. The molecule has 2 N–H and O–H groups in total. The molecular weight excluding hydrogens is 320 g/mol. The molecule has 0 fully saturated rings. The second-order valence-electron chi connectivity index (χ2n) is 5.40. The number of anilines is 1. The predicted octanol–water partition coefficient (Wildman–Crippen LogP) is 2.85. The van der Waals surface area contributed by atoms with Gasteiger partial charge in [0, 0.05) is 18.1 Å². The van der Waals surface area contributed by atoms with Gasteiger partial charge in [-0.25, -0.2) is 4.98 Å². The van der Waals surface area contributed by atoms with Crippen molar-refractivity contribution in [3.8, 4) is 0 Å². The fraction of sp³-hybridized carbons (Fsp3) is 0.118. The van der Waals surface area contributed by atoms with Crippen LogP contribution in [0.5, 0.6) is 0 Å². The predicted molar refractivity (Wildman–Crippen MR) is 94.7 cm³/mol. The highest BCUT2D eigenvalue weighted by Gasteiger charge is 2.12. The fourth-order valence-corrected chi connectivity index (χ4v) is 3.40. The van der Waals surface area contributed by atoms with E-state index in [9.17, 15) is 0 Å². The van der Waals surface area contributed by atoms with Crippen LogP contribution in [0.1, 0.15) is 11.3 Å². The number of pyridine rings is 1. The van der Waals surface area contributed by atoms with Crippen LogP contribution in [0, 0.1) is 0 Å². The number of nitrogens with zero attached hydrogens (tertiary/aromatic N) is 5. The van der Waals surface area contributed by atoms with Crippen molar-refractivity contribution in [2.24, 2.45) is 0 Å². The topological polar surface area (TPSA) is 74.0 Å². The summed E-state index contributed by atoms with van der Waals surface area (Å²) < 4.78 is 3.89. The number of nitrogen functional groups attached to an aromatic ring is 1. The first kappa shape index (κ1) is 14.8. The summed E-state index contributed by atoms with van der Waals surface area (Å²) in [5.74, 6) is 1.23. The van der Waals surface area contributed by atoms with Gasteiger partial charge in [-0.2, -0.15) is 0 Å². The molecule has 1 aromatic carbocycles. The summed E-state index contributed by atoms with van der Waals surface area (Å²) in [6, 6.07) is 16.2. The van der Waals surface area contributed by atoms with Crippen molar-refractivity contribution in [2.75, 3.05) is 5.73 Å². The van der Waals surface area contributed by atoms with E-state index in [0.29, 0.717) is 12.5 Å². The number of benzene rings is 1. The van der Waals surface area contributed by atoms with Gasteiger partial charge < -0.3 is 10.1 Å². The Labute approximate surface area is 143 Å². The maximum absolute atomic E-state index is 5.99. The normalized spacial score (nSPS) is 11.2. The van der Waals surface area contributed by atoms with E-state index in [1.807, 2.05) is 57.8 Å². The Morgan fingerprint density at radius 2 is 1.83 bits per heavy atom. The first-order valence-electron chi connectivity index (χ1n) is 7.57. The molecule has 0 aliphatic rings. The fourth-order valence-electron chi connectivity index (χ4n) is 2.50. The van der Waals surface area contributed by atoms with Crippen molar-refractivity contribution in [1.82, 2.24) is 24.1 Å². The smallest absolute Gasteiger partial charge is 0.223 e. The van der Waals surface area contributed by atoms with Gasteiger partial charge in [-0.3, -0.25) is 4.57 Å². The van der Waals surface area contributed by atoms with Crippen LogP contribution in [0.25, 0.3) is 5.65 Å². The Morgan fingerprint density at radius 3 is 2.67 bits per heavy atom. The van der Waals surface area contributed by atoms with E-state index < -0.39 is 0 Å². The van der Waals surface area contributed by atoms with Gasteiger partial charge in [0.1, 0.15) is 5.65 Å². The third-order valence-electron chi connectivity index (χ3n) is 3.69. The lowest BCUT2D eigenvalue weighted by Gasteiger charge is -2.06. The first-order valence-corrected chi connectivity index (χ1v) is 8.56. The minimum absolute atomic E-state index is 0.405. The van der Waals surface area contributed by atoms with Crippen molar-refractivity contribution in [3.05, 3.63) is 72.2 Å². The van der Waals surface area contributed by atoms with E-state index in [-0.39, 0.29) is 0 Å². The average Bonchev–Trinajstić information content (AvgIpc) is 3.18. The lowest BCUT2D eigenvalue weighted by molar-refractivity contribution is 0.705. The standard InChI is InChI=1S/C17H16N6S/c18-16-20-21-17(24-12-13-6-2-1-3-7-13)23(16)11-14-10-22-9-5-4-8-15(22)19-14/h1-10H,11-12H2,(H2,18,20). The van der Waals surface area contributed by atoms with E-state index in [2.05, 4.69) is 27.3 Å². The molecule has 6 nitrogen and oxygen atoms in total. The van der Waals surface area contributed by atoms with E-state index in [1.165, 1.54) is 5.56 Å². The van der Waals surface area contributed by atoms with Crippen LogP contribution in [0.2, 0.25) is 0 Å². The largest absolute Gasteiger partial charge is 0.368 e. The van der Waals surface area contributed by atoms with E-state index in [0.717, 1.165) is 22.3 Å². The average molecular weight is 336 g/mol. The van der Waals surface area contributed by atoms with Gasteiger partial charge in [0.25, 0.3) is 0 Å². The lowest BCUT2D eigenvalue weighted by atomic mass is 10.2. The molecule has 4 aromatic rings. The summed E-state index contributed by atoms with van der Waals surface area (Å²) in [4.78, 5) is 4.61. The minimum Gasteiger partial charge on any atom is -0.368 e. The Balaban J connectivity index is 1.55. The molecule has 3 aromatic heterocycles. The minimum atomic E-state index is 0.405. The first-order chi connectivity index (χ1) is 11.8. The third kappa shape index (κ3) is 2.98. The number of imidazole rings is 1. The van der Waals surface area contributed by atoms with Crippen LogP contribution in [0.4, 0.5) is 5.95 Å². The molecule has 0 amide bonds. The van der Waals surface area contributed by atoms with Crippen molar-refractivity contribution in [1.29, 1.82) is 0 Å². The number of hydrogen-bond acceptors (Lipinski definition) is 5. The molecule has 3 heterocycles. The summed E-state index contributed by atoms with van der Waals surface area (Å²) in [5.41, 5.74) is 9.07. The molecule has 0 unspecified atom stereocenters. The molecule has 0 saturated carbocycles. The van der Waals surface area contributed by atoms with Gasteiger partial charge in [-0.1, -0.05) is 48.2 Å².